The second-order valence-corrected chi connectivity index (χ2v) is 9.44. The zero-order valence-electron chi connectivity index (χ0n) is 23.0. The Balaban J connectivity index is 1.81. The number of hydrogen-bond acceptors (Lipinski definition) is 10. The maximum atomic E-state index is 11.7. The lowest BCUT2D eigenvalue weighted by Gasteiger charge is -2.39. The first kappa shape index (κ1) is 27.2. The molecule has 2 aromatic rings. The zero-order chi connectivity index (χ0) is 28.1. The molecule has 0 radical (unpaired) electrons. The number of carbonyl (C=O) groups is 1. The van der Waals surface area contributed by atoms with Crippen LogP contribution in [0.5, 0.6) is 11.6 Å². The van der Waals surface area contributed by atoms with Crippen LogP contribution in [0.1, 0.15) is 58.9 Å². The molecule has 3 N–H and O–H groups in total. The molecule has 11 heteroatoms. The molecule has 1 aromatic heterocycles. The summed E-state index contributed by atoms with van der Waals surface area (Å²) in [5, 5.41) is 35.9. The van der Waals surface area contributed by atoms with Gasteiger partial charge < -0.3 is 39.0 Å². The van der Waals surface area contributed by atoms with Gasteiger partial charge in [0.1, 0.15) is 36.8 Å². The van der Waals surface area contributed by atoms with E-state index in [9.17, 15) is 20.1 Å². The van der Waals surface area contributed by atoms with Gasteiger partial charge in [-0.1, -0.05) is 12.1 Å². The molecule has 11 nitrogen and oxygen atoms in total. The average molecular weight is 524 g/mol. The lowest BCUT2D eigenvalue weighted by Crippen LogP contribution is -2.60. The highest BCUT2D eigenvalue weighted by Crippen LogP contribution is 2.31. The summed E-state index contributed by atoms with van der Waals surface area (Å²) in [6, 6.07) is 7.69. The van der Waals surface area contributed by atoms with Gasteiger partial charge in [0.15, 0.2) is 0 Å². The van der Waals surface area contributed by atoms with Crippen molar-refractivity contribution in [1.82, 2.24) is 9.78 Å². The number of aromatic nitrogens is 2. The summed E-state index contributed by atoms with van der Waals surface area (Å²) in [5.74, 6) is 0.962. The van der Waals surface area contributed by atoms with Crippen LogP contribution >= 0.6 is 0 Å². The van der Waals surface area contributed by atoms with Crippen LogP contribution in [0.15, 0.2) is 24.3 Å². The number of benzene rings is 1. The van der Waals surface area contributed by atoms with Crippen molar-refractivity contribution in [3.05, 3.63) is 41.1 Å². The minimum atomic E-state index is -1.64. The normalized spacial score (nSPS) is 25.1. The smallest absolute Gasteiger partial charge is 0.491 e. The predicted octanol–water partition coefficient (Wildman–Crippen LogP) is 2.51. The number of rotatable bonds is 10. The number of ether oxygens (including phenoxy) is 5. The van der Waals surface area contributed by atoms with Gasteiger partial charge in [0.25, 0.3) is 0 Å². The van der Waals surface area contributed by atoms with E-state index in [2.05, 4.69) is 9.84 Å². The van der Waals surface area contributed by atoms with Crippen molar-refractivity contribution in [3.63, 3.8) is 0 Å². The van der Waals surface area contributed by atoms with E-state index >= 15 is 0 Å². The van der Waals surface area contributed by atoms with Crippen LogP contribution in [0.4, 0.5) is 4.79 Å². The van der Waals surface area contributed by atoms with Gasteiger partial charge in [-0.25, -0.2) is 4.79 Å². The van der Waals surface area contributed by atoms with E-state index in [0.29, 0.717) is 6.42 Å². The summed E-state index contributed by atoms with van der Waals surface area (Å²) >= 11 is 0. The Labute approximate surface area is 218 Å². The van der Waals surface area contributed by atoms with Gasteiger partial charge in [0.2, 0.25) is 12.2 Å². The SMILES string of the molecule is [2H]C(C)OC(=O)OC[C@H]1OC(Oc2nn(C(C)C)c(C)c2Cc2ccc(OC(C)C)cc2)[C@H](O)[C@@H](O)[C@@H]1O. The summed E-state index contributed by atoms with van der Waals surface area (Å²) in [5.41, 5.74) is 2.59. The third-order valence-corrected chi connectivity index (χ3v) is 5.88. The molecule has 206 valence electrons. The van der Waals surface area contributed by atoms with E-state index in [0.717, 1.165) is 22.6 Å². The average Bonchev–Trinajstić information content (AvgIpc) is 3.14. The van der Waals surface area contributed by atoms with Gasteiger partial charge in [0.05, 0.1) is 14.1 Å². The summed E-state index contributed by atoms with van der Waals surface area (Å²) in [6.45, 7) is 9.48. The fraction of sp³-hybridized carbons (Fsp3) is 0.615. The Morgan fingerprint density at radius 3 is 2.38 bits per heavy atom. The van der Waals surface area contributed by atoms with Crippen LogP contribution in [0.3, 0.4) is 0 Å². The standard InChI is InChI=1S/C26H38N2O9/c1-7-33-26(32)34-13-20-21(29)22(30)23(31)25(36-20)37-24-19(16(6)28(27-24)14(2)3)12-17-8-10-18(11-9-17)35-15(4)5/h8-11,14-15,20-23,25,29-31H,7,12-13H2,1-6H3/t20-,21-,22+,23-,25?/m1/s1/i7D/t7?,20-,21-,22+,23-,25?. The molecule has 0 saturated carbocycles. The van der Waals surface area contributed by atoms with Gasteiger partial charge in [-0.3, -0.25) is 4.68 Å². The second-order valence-electron chi connectivity index (χ2n) is 9.44. The first-order valence-electron chi connectivity index (χ1n) is 12.9. The van der Waals surface area contributed by atoms with Crippen molar-refractivity contribution in [3.8, 4) is 11.6 Å². The third-order valence-electron chi connectivity index (χ3n) is 5.88. The minimum Gasteiger partial charge on any atom is -0.491 e. The van der Waals surface area contributed by atoms with E-state index in [-0.39, 0.29) is 18.0 Å². The number of aliphatic hydroxyl groups is 3. The van der Waals surface area contributed by atoms with Crippen LogP contribution < -0.4 is 9.47 Å². The molecule has 37 heavy (non-hydrogen) atoms. The monoisotopic (exact) mass is 523 g/mol. The molecule has 6 atom stereocenters. The van der Waals surface area contributed by atoms with E-state index in [4.69, 9.17) is 20.3 Å². The summed E-state index contributed by atoms with van der Waals surface area (Å²) < 4.78 is 35.9. The van der Waals surface area contributed by atoms with Crippen LogP contribution in [-0.4, -0.2) is 81.3 Å². The number of hydrogen-bond donors (Lipinski definition) is 3. The molecule has 0 amide bonds. The van der Waals surface area contributed by atoms with Gasteiger partial charge in [-0.15, -0.1) is 5.10 Å². The zero-order valence-corrected chi connectivity index (χ0v) is 22.0. The Kier molecular flexibility index (Phi) is 9.25. The molecule has 3 rings (SSSR count). The maximum absolute atomic E-state index is 11.7. The van der Waals surface area contributed by atoms with Gasteiger partial charge >= 0.3 is 6.16 Å². The van der Waals surface area contributed by atoms with E-state index in [1.165, 1.54) is 6.92 Å². The Bertz CT molecular complexity index is 1060. The van der Waals surface area contributed by atoms with Crippen molar-refractivity contribution >= 4 is 6.16 Å². The van der Waals surface area contributed by atoms with Crippen molar-refractivity contribution in [2.75, 3.05) is 13.2 Å². The highest BCUT2D eigenvalue weighted by Gasteiger charge is 2.46. The lowest BCUT2D eigenvalue weighted by molar-refractivity contribution is -0.278. The molecule has 1 fully saturated rings. The summed E-state index contributed by atoms with van der Waals surface area (Å²) in [6.07, 6.45) is -8.05. The van der Waals surface area contributed by atoms with Crippen molar-refractivity contribution in [2.24, 2.45) is 0 Å². The second kappa shape index (κ2) is 12.6. The van der Waals surface area contributed by atoms with Gasteiger partial charge in [-0.05, 0) is 59.2 Å². The molecule has 2 heterocycles. The number of aliphatic hydroxyl groups excluding tert-OH is 3. The van der Waals surface area contributed by atoms with E-state index in [1.54, 1.807) is 4.68 Å². The van der Waals surface area contributed by atoms with Crippen molar-refractivity contribution < 1.29 is 45.2 Å². The Morgan fingerprint density at radius 2 is 1.78 bits per heavy atom. The molecular formula is C26H38N2O9. The highest BCUT2D eigenvalue weighted by atomic mass is 16.7. The highest BCUT2D eigenvalue weighted by molar-refractivity contribution is 5.59. The Morgan fingerprint density at radius 1 is 1.11 bits per heavy atom. The van der Waals surface area contributed by atoms with Crippen LogP contribution in [-0.2, 0) is 20.6 Å². The molecule has 1 aliphatic rings. The molecule has 2 unspecified atom stereocenters. The van der Waals surface area contributed by atoms with Crippen LogP contribution in [0.2, 0.25) is 0 Å². The molecule has 0 bridgehead atoms. The minimum absolute atomic E-state index is 0.0177. The molecule has 0 aliphatic carbocycles. The largest absolute Gasteiger partial charge is 0.508 e. The first-order chi connectivity index (χ1) is 17.9. The van der Waals surface area contributed by atoms with Gasteiger partial charge in [-0.2, -0.15) is 0 Å². The summed E-state index contributed by atoms with van der Waals surface area (Å²) in [7, 11) is 0. The Hall–Kier alpha value is -2.86. The van der Waals surface area contributed by atoms with Crippen LogP contribution in [0.25, 0.3) is 0 Å². The molecule has 1 aliphatic heterocycles. The van der Waals surface area contributed by atoms with Crippen molar-refractivity contribution in [1.29, 1.82) is 0 Å². The summed E-state index contributed by atoms with van der Waals surface area (Å²) in [4.78, 5) is 11.7. The lowest BCUT2D eigenvalue weighted by atomic mass is 9.99. The third kappa shape index (κ3) is 7.13. The molecule has 0 spiro atoms. The first-order valence-corrected chi connectivity index (χ1v) is 12.3. The molecule has 1 saturated heterocycles. The van der Waals surface area contributed by atoms with E-state index in [1.807, 2.05) is 58.9 Å². The maximum Gasteiger partial charge on any atom is 0.508 e. The number of carbonyl (C=O) groups excluding carboxylic acids is 1. The van der Waals surface area contributed by atoms with Gasteiger partial charge in [0, 0.05) is 23.7 Å². The van der Waals surface area contributed by atoms with Crippen LogP contribution in [0, 0.1) is 6.92 Å². The topological polar surface area (TPSA) is 142 Å². The fourth-order valence-electron chi connectivity index (χ4n) is 4.03. The van der Waals surface area contributed by atoms with E-state index < -0.39 is 50.1 Å². The van der Waals surface area contributed by atoms with Crippen molar-refractivity contribution in [2.45, 2.75) is 90.8 Å². The number of nitrogens with zero attached hydrogens (tertiary/aromatic N) is 2. The predicted molar refractivity (Wildman–Crippen MR) is 133 cm³/mol. The molecule has 1 aromatic carbocycles. The molecular weight excluding hydrogens is 484 g/mol. The quantitative estimate of drug-likeness (QED) is 0.398. The fourth-order valence-corrected chi connectivity index (χ4v) is 4.03.